The molecule has 1 N–H and O–H groups in total. The molecule has 1 heterocycles. The van der Waals surface area contributed by atoms with Crippen molar-refractivity contribution in [1.29, 1.82) is 0 Å². The minimum absolute atomic E-state index is 0.727. The Bertz CT molecular complexity index is 576. The topological polar surface area (TPSA) is 43.4 Å². The molecule has 0 unspecified atom stereocenters. The second-order valence-electron chi connectivity index (χ2n) is 4.58. The first-order chi connectivity index (χ1) is 10.2. The largest absolute Gasteiger partial charge is 0.493 e. The summed E-state index contributed by atoms with van der Waals surface area (Å²) in [6.07, 6.45) is 4.62. The Kier molecular flexibility index (Phi) is 6.02. The van der Waals surface area contributed by atoms with E-state index in [-0.39, 0.29) is 0 Å². The Balaban J connectivity index is 1.91. The zero-order chi connectivity index (χ0) is 15.1. The van der Waals surface area contributed by atoms with E-state index in [0.717, 1.165) is 41.0 Å². The average molecular weight is 351 g/mol. The lowest BCUT2D eigenvalue weighted by molar-refractivity contribution is 0.354. The van der Waals surface area contributed by atoms with Crippen molar-refractivity contribution in [3.63, 3.8) is 0 Å². The van der Waals surface area contributed by atoms with Crippen LogP contribution in [0.2, 0.25) is 0 Å². The molecule has 0 radical (unpaired) electrons. The van der Waals surface area contributed by atoms with Gasteiger partial charge in [0.25, 0.3) is 0 Å². The Morgan fingerprint density at radius 1 is 1.10 bits per heavy atom. The Hall–Kier alpha value is -1.59. The molecular formula is C16H19BrN2O2. The van der Waals surface area contributed by atoms with Gasteiger partial charge >= 0.3 is 0 Å². The van der Waals surface area contributed by atoms with E-state index in [2.05, 4.69) is 26.2 Å². The molecular weight excluding hydrogens is 332 g/mol. The van der Waals surface area contributed by atoms with E-state index in [1.54, 1.807) is 14.2 Å². The fourth-order valence-electron chi connectivity index (χ4n) is 2.04. The van der Waals surface area contributed by atoms with Gasteiger partial charge in [-0.1, -0.05) is 15.9 Å². The van der Waals surface area contributed by atoms with E-state index >= 15 is 0 Å². The Labute approximate surface area is 133 Å². The van der Waals surface area contributed by atoms with Crippen molar-refractivity contribution in [3.8, 4) is 11.5 Å². The maximum Gasteiger partial charge on any atom is 0.161 e. The number of aromatic nitrogens is 1. The number of benzene rings is 1. The number of pyridine rings is 1. The fourth-order valence-corrected chi connectivity index (χ4v) is 2.50. The number of hydrogen-bond acceptors (Lipinski definition) is 4. The highest BCUT2D eigenvalue weighted by molar-refractivity contribution is 9.10. The molecule has 1 aromatic carbocycles. The fraction of sp³-hybridized carbons (Fsp3) is 0.312. The van der Waals surface area contributed by atoms with Crippen LogP contribution in [0, 0.1) is 0 Å². The Morgan fingerprint density at radius 3 is 2.43 bits per heavy atom. The van der Waals surface area contributed by atoms with E-state index in [1.807, 2.05) is 36.7 Å². The van der Waals surface area contributed by atoms with E-state index in [4.69, 9.17) is 9.47 Å². The van der Waals surface area contributed by atoms with Crippen molar-refractivity contribution in [2.45, 2.75) is 13.0 Å². The molecule has 0 spiro atoms. The van der Waals surface area contributed by atoms with Crippen molar-refractivity contribution in [3.05, 3.63) is 52.3 Å². The number of nitrogens with one attached hydrogen (secondary N) is 1. The zero-order valence-corrected chi connectivity index (χ0v) is 13.8. The normalized spacial score (nSPS) is 10.4. The third-order valence-corrected chi connectivity index (χ3v) is 3.95. The van der Waals surface area contributed by atoms with E-state index in [0.29, 0.717) is 0 Å². The molecule has 0 aliphatic rings. The summed E-state index contributed by atoms with van der Waals surface area (Å²) >= 11 is 3.56. The SMILES string of the molecule is COc1cc(Br)c(CNCCc2ccncc2)cc1OC. The van der Waals surface area contributed by atoms with Crippen LogP contribution in [0.1, 0.15) is 11.1 Å². The molecule has 0 fully saturated rings. The van der Waals surface area contributed by atoms with Gasteiger partial charge in [0.2, 0.25) is 0 Å². The molecule has 1 aromatic heterocycles. The molecule has 0 aliphatic heterocycles. The van der Waals surface area contributed by atoms with Crippen molar-refractivity contribution in [1.82, 2.24) is 10.3 Å². The van der Waals surface area contributed by atoms with Crippen LogP contribution in [0.15, 0.2) is 41.1 Å². The molecule has 0 bridgehead atoms. The van der Waals surface area contributed by atoms with Crippen LogP contribution in [0.25, 0.3) is 0 Å². The molecule has 112 valence electrons. The van der Waals surface area contributed by atoms with Crippen LogP contribution in [0.5, 0.6) is 11.5 Å². The molecule has 5 heteroatoms. The number of ether oxygens (including phenoxy) is 2. The van der Waals surface area contributed by atoms with Gasteiger partial charge in [-0.15, -0.1) is 0 Å². The number of rotatable bonds is 7. The van der Waals surface area contributed by atoms with Gasteiger partial charge in [0.05, 0.1) is 14.2 Å². The summed E-state index contributed by atoms with van der Waals surface area (Å²) < 4.78 is 11.6. The highest BCUT2D eigenvalue weighted by atomic mass is 79.9. The lowest BCUT2D eigenvalue weighted by Gasteiger charge is -2.12. The van der Waals surface area contributed by atoms with Crippen LogP contribution >= 0.6 is 15.9 Å². The summed E-state index contributed by atoms with van der Waals surface area (Å²) in [5.74, 6) is 1.47. The maximum atomic E-state index is 5.33. The molecule has 2 aromatic rings. The first kappa shape index (κ1) is 15.8. The summed E-state index contributed by atoms with van der Waals surface area (Å²) in [7, 11) is 3.28. The van der Waals surface area contributed by atoms with Gasteiger partial charge in [-0.3, -0.25) is 4.98 Å². The van der Waals surface area contributed by atoms with Gasteiger partial charge in [-0.25, -0.2) is 0 Å². The number of nitrogens with zero attached hydrogens (tertiary/aromatic N) is 1. The summed E-state index contributed by atoms with van der Waals surface area (Å²) in [6, 6.07) is 7.99. The van der Waals surface area contributed by atoms with Crippen molar-refractivity contribution in [2.24, 2.45) is 0 Å². The standard InChI is InChI=1S/C16H19BrN2O2/c1-20-15-9-13(14(17)10-16(15)21-2)11-19-8-5-12-3-6-18-7-4-12/h3-4,6-7,9-10,19H,5,8,11H2,1-2H3. The molecule has 0 aliphatic carbocycles. The van der Waals surface area contributed by atoms with Crippen LogP contribution in [-0.2, 0) is 13.0 Å². The van der Waals surface area contributed by atoms with Gasteiger partial charge in [0.1, 0.15) is 0 Å². The minimum atomic E-state index is 0.727. The molecule has 0 atom stereocenters. The highest BCUT2D eigenvalue weighted by Gasteiger charge is 2.09. The molecule has 4 nitrogen and oxygen atoms in total. The summed E-state index contributed by atoms with van der Waals surface area (Å²) in [5, 5.41) is 3.43. The van der Waals surface area contributed by atoms with Gasteiger partial charge in [0.15, 0.2) is 11.5 Å². The number of hydrogen-bond donors (Lipinski definition) is 1. The van der Waals surface area contributed by atoms with Crippen LogP contribution in [-0.4, -0.2) is 25.7 Å². The molecule has 21 heavy (non-hydrogen) atoms. The predicted molar refractivity (Wildman–Crippen MR) is 86.9 cm³/mol. The lowest BCUT2D eigenvalue weighted by atomic mass is 10.2. The molecule has 0 saturated carbocycles. The van der Waals surface area contributed by atoms with Crippen molar-refractivity contribution in [2.75, 3.05) is 20.8 Å². The number of halogens is 1. The predicted octanol–water partition coefficient (Wildman–Crippen LogP) is 3.19. The summed E-state index contributed by atoms with van der Waals surface area (Å²) in [6.45, 7) is 1.68. The van der Waals surface area contributed by atoms with Crippen molar-refractivity contribution < 1.29 is 9.47 Å². The first-order valence-corrected chi connectivity index (χ1v) is 7.54. The zero-order valence-electron chi connectivity index (χ0n) is 12.2. The van der Waals surface area contributed by atoms with E-state index in [9.17, 15) is 0 Å². The summed E-state index contributed by atoms with van der Waals surface area (Å²) in [4.78, 5) is 4.02. The van der Waals surface area contributed by atoms with Gasteiger partial charge in [0, 0.05) is 23.4 Å². The molecule has 2 rings (SSSR count). The monoisotopic (exact) mass is 350 g/mol. The van der Waals surface area contributed by atoms with Gasteiger partial charge in [-0.05, 0) is 48.4 Å². The van der Waals surface area contributed by atoms with Crippen LogP contribution in [0.3, 0.4) is 0 Å². The molecule has 0 amide bonds. The summed E-state index contributed by atoms with van der Waals surface area (Å²) in [5.41, 5.74) is 2.42. The smallest absolute Gasteiger partial charge is 0.161 e. The van der Waals surface area contributed by atoms with Crippen LogP contribution < -0.4 is 14.8 Å². The third kappa shape index (κ3) is 4.44. The quantitative estimate of drug-likeness (QED) is 0.778. The number of methoxy groups -OCH3 is 2. The van der Waals surface area contributed by atoms with Crippen molar-refractivity contribution >= 4 is 15.9 Å². The van der Waals surface area contributed by atoms with Crippen LogP contribution in [0.4, 0.5) is 0 Å². The average Bonchev–Trinajstić information content (AvgIpc) is 2.53. The van der Waals surface area contributed by atoms with E-state index in [1.165, 1.54) is 5.56 Å². The van der Waals surface area contributed by atoms with E-state index < -0.39 is 0 Å². The highest BCUT2D eigenvalue weighted by Crippen LogP contribution is 2.33. The second kappa shape index (κ2) is 8.00. The lowest BCUT2D eigenvalue weighted by Crippen LogP contribution is -2.17. The second-order valence-corrected chi connectivity index (χ2v) is 5.44. The Morgan fingerprint density at radius 2 is 1.76 bits per heavy atom. The minimum Gasteiger partial charge on any atom is -0.493 e. The third-order valence-electron chi connectivity index (χ3n) is 3.21. The van der Waals surface area contributed by atoms with Gasteiger partial charge in [-0.2, -0.15) is 0 Å². The first-order valence-electron chi connectivity index (χ1n) is 6.74. The van der Waals surface area contributed by atoms with Gasteiger partial charge < -0.3 is 14.8 Å². The maximum absolute atomic E-state index is 5.33. The molecule has 0 saturated heterocycles.